The standard InChI is InChI=1S/C22H24Cl2N2O3/c1-15-11-16(7-8-18(15)23)29-14-22(12-20(25)27)9-4-10-26(13-22)21(28)17-5-2-3-6-19(17)24/h2-3,5-8,11H,4,9-10,12-14H2,1H3,(H2,25,27)/t22-/m0/s1. The van der Waals surface area contributed by atoms with Gasteiger partial charge in [-0.1, -0.05) is 35.3 Å². The van der Waals surface area contributed by atoms with E-state index < -0.39 is 11.3 Å². The second-order valence-electron chi connectivity index (χ2n) is 7.65. The number of carbonyl (C=O) groups is 2. The molecule has 0 aromatic heterocycles. The summed E-state index contributed by atoms with van der Waals surface area (Å²) in [6, 6.07) is 12.4. The molecule has 1 heterocycles. The number of halogens is 2. The predicted molar refractivity (Wildman–Crippen MR) is 115 cm³/mol. The van der Waals surface area contributed by atoms with Crippen LogP contribution in [0.5, 0.6) is 5.75 Å². The average Bonchev–Trinajstić information content (AvgIpc) is 2.68. The summed E-state index contributed by atoms with van der Waals surface area (Å²) in [4.78, 5) is 26.6. The predicted octanol–water partition coefficient (Wildman–Crippen LogP) is 4.48. The minimum atomic E-state index is -0.547. The number of benzene rings is 2. The molecule has 0 aliphatic carbocycles. The molecular formula is C22H24Cl2N2O3. The number of carbonyl (C=O) groups excluding carboxylic acids is 2. The molecule has 1 atom stereocenters. The average molecular weight is 435 g/mol. The number of hydrogen-bond donors (Lipinski definition) is 1. The first-order valence-corrected chi connectivity index (χ1v) is 10.3. The van der Waals surface area contributed by atoms with Crippen molar-refractivity contribution < 1.29 is 14.3 Å². The fourth-order valence-electron chi connectivity index (χ4n) is 3.81. The van der Waals surface area contributed by atoms with Gasteiger partial charge in [-0.25, -0.2) is 0 Å². The maximum Gasteiger partial charge on any atom is 0.255 e. The summed E-state index contributed by atoms with van der Waals surface area (Å²) >= 11 is 12.3. The zero-order chi connectivity index (χ0) is 21.0. The van der Waals surface area contributed by atoms with Crippen molar-refractivity contribution in [3.63, 3.8) is 0 Å². The van der Waals surface area contributed by atoms with Crippen LogP contribution in [0.4, 0.5) is 0 Å². The van der Waals surface area contributed by atoms with E-state index in [4.69, 9.17) is 33.7 Å². The molecule has 0 unspecified atom stereocenters. The highest BCUT2D eigenvalue weighted by molar-refractivity contribution is 6.33. The Bertz CT molecular complexity index is 919. The van der Waals surface area contributed by atoms with Crippen molar-refractivity contribution in [3.05, 3.63) is 63.6 Å². The van der Waals surface area contributed by atoms with Gasteiger partial charge >= 0.3 is 0 Å². The Morgan fingerprint density at radius 2 is 1.93 bits per heavy atom. The summed E-state index contributed by atoms with van der Waals surface area (Å²) in [6.07, 6.45) is 1.65. The smallest absolute Gasteiger partial charge is 0.255 e. The molecule has 0 radical (unpaired) electrons. The van der Waals surface area contributed by atoms with Crippen molar-refractivity contribution in [2.24, 2.45) is 11.1 Å². The third kappa shape index (κ3) is 5.22. The van der Waals surface area contributed by atoms with Gasteiger partial charge in [-0.2, -0.15) is 0 Å². The lowest BCUT2D eigenvalue weighted by Crippen LogP contribution is -2.50. The van der Waals surface area contributed by atoms with Crippen LogP contribution < -0.4 is 10.5 Å². The number of aryl methyl sites for hydroxylation is 1. The minimum Gasteiger partial charge on any atom is -0.493 e. The topological polar surface area (TPSA) is 72.6 Å². The van der Waals surface area contributed by atoms with Gasteiger partial charge in [-0.3, -0.25) is 9.59 Å². The Kier molecular flexibility index (Phi) is 6.70. The highest BCUT2D eigenvalue weighted by Gasteiger charge is 2.40. The molecule has 0 bridgehead atoms. The van der Waals surface area contributed by atoms with Crippen molar-refractivity contribution in [3.8, 4) is 5.75 Å². The summed E-state index contributed by atoms with van der Waals surface area (Å²) in [5.41, 5.74) is 6.36. The molecule has 2 aromatic rings. The highest BCUT2D eigenvalue weighted by atomic mass is 35.5. The van der Waals surface area contributed by atoms with Crippen molar-refractivity contribution in [2.45, 2.75) is 26.2 Å². The number of nitrogens with zero attached hydrogens (tertiary/aromatic N) is 1. The van der Waals surface area contributed by atoms with E-state index in [1.807, 2.05) is 13.0 Å². The number of piperidine rings is 1. The quantitative estimate of drug-likeness (QED) is 0.727. The number of nitrogens with two attached hydrogens (primary N) is 1. The van der Waals surface area contributed by atoms with Crippen LogP contribution in [0.1, 0.15) is 35.2 Å². The van der Waals surface area contributed by atoms with Crippen LogP contribution in [-0.4, -0.2) is 36.4 Å². The second-order valence-corrected chi connectivity index (χ2v) is 8.47. The monoisotopic (exact) mass is 434 g/mol. The summed E-state index contributed by atoms with van der Waals surface area (Å²) in [5, 5.41) is 1.08. The second kappa shape index (κ2) is 9.06. The zero-order valence-electron chi connectivity index (χ0n) is 16.3. The number of amides is 2. The Morgan fingerprint density at radius 3 is 2.62 bits per heavy atom. The SMILES string of the molecule is Cc1cc(OC[C@]2(CC(N)=O)CCCN(C(=O)c3ccccc3Cl)C2)ccc1Cl. The van der Waals surface area contributed by atoms with Crippen molar-refractivity contribution in [1.82, 2.24) is 4.90 Å². The van der Waals surface area contributed by atoms with E-state index in [-0.39, 0.29) is 18.9 Å². The molecule has 1 aliphatic rings. The fourth-order valence-corrected chi connectivity index (χ4v) is 4.15. The van der Waals surface area contributed by atoms with Crippen LogP contribution >= 0.6 is 23.2 Å². The largest absolute Gasteiger partial charge is 0.493 e. The molecule has 3 rings (SSSR count). The zero-order valence-corrected chi connectivity index (χ0v) is 17.8. The van der Waals surface area contributed by atoms with Gasteiger partial charge in [0.2, 0.25) is 5.91 Å². The van der Waals surface area contributed by atoms with Gasteiger partial charge in [0.05, 0.1) is 17.2 Å². The van der Waals surface area contributed by atoms with E-state index in [0.717, 1.165) is 18.4 Å². The molecular weight excluding hydrogens is 411 g/mol. The Balaban J connectivity index is 1.79. The Morgan fingerprint density at radius 1 is 1.17 bits per heavy atom. The number of likely N-dealkylation sites (tertiary alicyclic amines) is 1. The van der Waals surface area contributed by atoms with E-state index in [2.05, 4.69) is 0 Å². The molecule has 1 aliphatic heterocycles. The van der Waals surface area contributed by atoms with Gasteiger partial charge in [0.1, 0.15) is 5.75 Å². The Hall–Kier alpha value is -2.24. The maximum atomic E-state index is 13.0. The van der Waals surface area contributed by atoms with Crippen molar-refractivity contribution in [1.29, 1.82) is 0 Å². The van der Waals surface area contributed by atoms with Crippen molar-refractivity contribution in [2.75, 3.05) is 19.7 Å². The maximum absolute atomic E-state index is 13.0. The van der Waals surface area contributed by atoms with Crippen LogP contribution in [0, 0.1) is 12.3 Å². The molecule has 0 spiro atoms. The first-order valence-electron chi connectivity index (χ1n) is 9.51. The van der Waals surface area contributed by atoms with Crippen LogP contribution in [0.2, 0.25) is 10.0 Å². The molecule has 2 aromatic carbocycles. The van der Waals surface area contributed by atoms with E-state index in [1.165, 1.54) is 0 Å². The summed E-state index contributed by atoms with van der Waals surface area (Å²) in [6.45, 7) is 3.17. The van der Waals surface area contributed by atoms with E-state index >= 15 is 0 Å². The lowest BCUT2D eigenvalue weighted by molar-refractivity contribution is -0.122. The molecule has 1 saturated heterocycles. The molecule has 5 nitrogen and oxygen atoms in total. The summed E-state index contributed by atoms with van der Waals surface area (Å²) in [5.74, 6) is 0.115. The fraction of sp³-hybridized carbons (Fsp3) is 0.364. The third-order valence-electron chi connectivity index (χ3n) is 5.28. The van der Waals surface area contributed by atoms with Gasteiger partial charge < -0.3 is 15.4 Å². The van der Waals surface area contributed by atoms with Gasteiger partial charge in [0.25, 0.3) is 5.91 Å². The molecule has 7 heteroatoms. The molecule has 0 saturated carbocycles. The molecule has 2 amide bonds. The van der Waals surface area contributed by atoms with E-state index in [1.54, 1.807) is 41.3 Å². The minimum absolute atomic E-state index is 0.145. The normalized spacial score (nSPS) is 19.1. The molecule has 29 heavy (non-hydrogen) atoms. The summed E-state index contributed by atoms with van der Waals surface area (Å²) in [7, 11) is 0. The number of hydrogen-bond acceptors (Lipinski definition) is 3. The van der Waals surface area contributed by atoms with Crippen molar-refractivity contribution >= 4 is 35.0 Å². The lowest BCUT2D eigenvalue weighted by Gasteiger charge is -2.42. The number of ether oxygens (including phenoxy) is 1. The van der Waals surface area contributed by atoms with Crippen LogP contribution in [0.25, 0.3) is 0 Å². The first-order chi connectivity index (χ1) is 13.8. The van der Waals surface area contributed by atoms with Gasteiger partial charge in [-0.05, 0) is 55.7 Å². The van der Waals surface area contributed by atoms with E-state index in [9.17, 15) is 9.59 Å². The third-order valence-corrected chi connectivity index (χ3v) is 6.03. The van der Waals surface area contributed by atoms with Gasteiger partial charge in [0.15, 0.2) is 0 Å². The first kappa shape index (κ1) is 21.5. The molecule has 154 valence electrons. The number of rotatable bonds is 6. The van der Waals surface area contributed by atoms with Crippen LogP contribution in [-0.2, 0) is 4.79 Å². The van der Waals surface area contributed by atoms with Crippen LogP contribution in [0.3, 0.4) is 0 Å². The van der Waals surface area contributed by atoms with Gasteiger partial charge in [0, 0.05) is 29.9 Å². The Labute approximate surface area is 180 Å². The van der Waals surface area contributed by atoms with E-state index in [0.29, 0.717) is 34.4 Å². The highest BCUT2D eigenvalue weighted by Crippen LogP contribution is 2.36. The summed E-state index contributed by atoms with van der Waals surface area (Å²) < 4.78 is 6.01. The van der Waals surface area contributed by atoms with Crippen LogP contribution in [0.15, 0.2) is 42.5 Å². The molecule has 2 N–H and O–H groups in total. The van der Waals surface area contributed by atoms with Gasteiger partial charge in [-0.15, -0.1) is 0 Å². The lowest BCUT2D eigenvalue weighted by atomic mass is 9.77. The number of primary amides is 1. The molecule has 1 fully saturated rings.